The largest absolute Gasteiger partial charge is 0.362 e. The minimum Gasteiger partial charge on any atom is -0.362 e. The van der Waals surface area contributed by atoms with Crippen molar-refractivity contribution in [3.63, 3.8) is 0 Å². The molecule has 1 aromatic carbocycles. The Bertz CT molecular complexity index is 377. The van der Waals surface area contributed by atoms with Gasteiger partial charge in [-0.3, -0.25) is 0 Å². The van der Waals surface area contributed by atoms with Crippen molar-refractivity contribution >= 4 is 5.69 Å². The Morgan fingerprint density at radius 1 is 1.35 bits per heavy atom. The molecular formula is C14H23N3. The molecular weight excluding hydrogens is 210 g/mol. The van der Waals surface area contributed by atoms with Gasteiger partial charge in [0.1, 0.15) is 0 Å². The van der Waals surface area contributed by atoms with E-state index in [0.29, 0.717) is 18.6 Å². The second-order valence-corrected chi connectivity index (χ2v) is 5.21. The van der Waals surface area contributed by atoms with Crippen molar-refractivity contribution in [3.05, 3.63) is 29.8 Å². The van der Waals surface area contributed by atoms with Crippen LogP contribution in [-0.2, 0) is 0 Å². The molecule has 1 aliphatic rings. The molecule has 0 spiro atoms. The van der Waals surface area contributed by atoms with Crippen LogP contribution in [0.25, 0.3) is 0 Å². The maximum Gasteiger partial charge on any atom is 0.0542 e. The minimum absolute atomic E-state index is 0.422. The van der Waals surface area contributed by atoms with Gasteiger partial charge in [-0.25, -0.2) is 0 Å². The van der Waals surface area contributed by atoms with Crippen molar-refractivity contribution in [1.82, 2.24) is 4.90 Å². The van der Waals surface area contributed by atoms with Gasteiger partial charge in [-0.05, 0) is 38.6 Å². The molecule has 0 aromatic heterocycles. The van der Waals surface area contributed by atoms with Crippen molar-refractivity contribution in [2.75, 3.05) is 31.6 Å². The van der Waals surface area contributed by atoms with Gasteiger partial charge in [0.2, 0.25) is 0 Å². The standard InChI is InChI=1S/C14H23N3/c1-11-5-4-6-13(7-11)17-12(2)9-16(3)10-14(17)8-15/h4-7,12,14H,8-10,15H2,1-3H3. The molecule has 2 N–H and O–H groups in total. The van der Waals surface area contributed by atoms with Gasteiger partial charge >= 0.3 is 0 Å². The van der Waals surface area contributed by atoms with E-state index in [1.165, 1.54) is 11.3 Å². The molecule has 1 fully saturated rings. The average molecular weight is 233 g/mol. The van der Waals surface area contributed by atoms with Crippen LogP contribution in [0.1, 0.15) is 12.5 Å². The summed E-state index contributed by atoms with van der Waals surface area (Å²) in [7, 11) is 2.17. The molecule has 1 aliphatic heterocycles. The molecule has 0 saturated carbocycles. The number of hydrogen-bond acceptors (Lipinski definition) is 3. The second-order valence-electron chi connectivity index (χ2n) is 5.21. The summed E-state index contributed by atoms with van der Waals surface area (Å²) in [4.78, 5) is 4.85. The van der Waals surface area contributed by atoms with E-state index in [-0.39, 0.29) is 0 Å². The number of rotatable bonds is 2. The Balaban J connectivity index is 2.28. The third kappa shape index (κ3) is 2.61. The van der Waals surface area contributed by atoms with Gasteiger partial charge in [0.25, 0.3) is 0 Å². The SMILES string of the molecule is Cc1cccc(N2C(C)CN(C)CC2CN)c1. The normalized spacial score (nSPS) is 26.2. The summed E-state index contributed by atoms with van der Waals surface area (Å²) in [6.07, 6.45) is 0. The molecule has 2 unspecified atom stereocenters. The van der Waals surface area contributed by atoms with E-state index in [9.17, 15) is 0 Å². The third-order valence-corrected chi connectivity index (χ3v) is 3.54. The van der Waals surface area contributed by atoms with Gasteiger partial charge in [-0.2, -0.15) is 0 Å². The van der Waals surface area contributed by atoms with Crippen LogP contribution in [0.15, 0.2) is 24.3 Å². The summed E-state index contributed by atoms with van der Waals surface area (Å²) in [5.74, 6) is 0. The molecule has 3 heteroatoms. The monoisotopic (exact) mass is 233 g/mol. The molecule has 17 heavy (non-hydrogen) atoms. The van der Waals surface area contributed by atoms with E-state index < -0.39 is 0 Å². The Morgan fingerprint density at radius 3 is 2.76 bits per heavy atom. The van der Waals surface area contributed by atoms with E-state index in [0.717, 1.165) is 13.1 Å². The number of benzene rings is 1. The van der Waals surface area contributed by atoms with E-state index in [2.05, 4.69) is 55.0 Å². The van der Waals surface area contributed by atoms with Crippen molar-refractivity contribution < 1.29 is 0 Å². The highest BCUT2D eigenvalue weighted by Gasteiger charge is 2.29. The lowest BCUT2D eigenvalue weighted by molar-refractivity contribution is 0.235. The number of anilines is 1. The second kappa shape index (κ2) is 5.07. The van der Waals surface area contributed by atoms with Crippen molar-refractivity contribution in [1.29, 1.82) is 0 Å². The van der Waals surface area contributed by atoms with E-state index in [1.54, 1.807) is 0 Å². The Kier molecular flexibility index (Phi) is 3.69. The van der Waals surface area contributed by atoms with Crippen LogP contribution in [0.2, 0.25) is 0 Å². The van der Waals surface area contributed by atoms with Gasteiger partial charge < -0.3 is 15.5 Å². The molecule has 2 atom stereocenters. The lowest BCUT2D eigenvalue weighted by atomic mass is 10.0. The zero-order valence-electron chi connectivity index (χ0n) is 11.1. The summed E-state index contributed by atoms with van der Waals surface area (Å²) in [5, 5.41) is 0. The van der Waals surface area contributed by atoms with E-state index in [4.69, 9.17) is 5.73 Å². The zero-order chi connectivity index (χ0) is 12.4. The van der Waals surface area contributed by atoms with Gasteiger partial charge in [-0.1, -0.05) is 12.1 Å². The fourth-order valence-corrected chi connectivity index (χ4v) is 2.86. The molecule has 0 amide bonds. The Labute approximate surface area is 104 Å². The van der Waals surface area contributed by atoms with Crippen LogP contribution in [0.3, 0.4) is 0 Å². The molecule has 0 aliphatic carbocycles. The van der Waals surface area contributed by atoms with Gasteiger partial charge in [0.15, 0.2) is 0 Å². The van der Waals surface area contributed by atoms with Crippen LogP contribution in [-0.4, -0.2) is 43.7 Å². The van der Waals surface area contributed by atoms with Crippen molar-refractivity contribution in [2.24, 2.45) is 5.73 Å². The van der Waals surface area contributed by atoms with Crippen LogP contribution < -0.4 is 10.6 Å². The number of likely N-dealkylation sites (N-methyl/N-ethyl adjacent to an activating group) is 1. The number of aryl methyl sites for hydroxylation is 1. The predicted molar refractivity (Wildman–Crippen MR) is 73.5 cm³/mol. The summed E-state index contributed by atoms with van der Waals surface area (Å²) >= 11 is 0. The molecule has 0 bridgehead atoms. The molecule has 0 radical (unpaired) electrons. The first-order chi connectivity index (χ1) is 8.11. The fourth-order valence-electron chi connectivity index (χ4n) is 2.86. The summed E-state index contributed by atoms with van der Waals surface area (Å²) in [5.41, 5.74) is 8.54. The van der Waals surface area contributed by atoms with Crippen molar-refractivity contribution in [2.45, 2.75) is 25.9 Å². The number of piperazine rings is 1. The Hall–Kier alpha value is -1.06. The molecule has 3 nitrogen and oxygen atoms in total. The number of nitrogens with two attached hydrogens (primary N) is 1. The average Bonchev–Trinajstić information content (AvgIpc) is 2.27. The van der Waals surface area contributed by atoms with Gasteiger partial charge in [0.05, 0.1) is 6.04 Å². The number of nitrogens with zero attached hydrogens (tertiary/aromatic N) is 2. The quantitative estimate of drug-likeness (QED) is 0.839. The summed E-state index contributed by atoms with van der Waals surface area (Å²) < 4.78 is 0. The third-order valence-electron chi connectivity index (χ3n) is 3.54. The summed E-state index contributed by atoms with van der Waals surface area (Å²) in [6, 6.07) is 9.65. The van der Waals surface area contributed by atoms with E-state index >= 15 is 0 Å². The van der Waals surface area contributed by atoms with Gasteiger partial charge in [0, 0.05) is 31.4 Å². The fraction of sp³-hybridized carbons (Fsp3) is 0.571. The highest BCUT2D eigenvalue weighted by atomic mass is 15.3. The van der Waals surface area contributed by atoms with E-state index in [1.807, 2.05) is 0 Å². The first kappa shape index (κ1) is 12.4. The van der Waals surface area contributed by atoms with Crippen LogP contribution >= 0.6 is 0 Å². The van der Waals surface area contributed by atoms with Gasteiger partial charge in [-0.15, -0.1) is 0 Å². The molecule has 2 rings (SSSR count). The van der Waals surface area contributed by atoms with Crippen LogP contribution in [0, 0.1) is 6.92 Å². The summed E-state index contributed by atoms with van der Waals surface area (Å²) in [6.45, 7) is 7.28. The Morgan fingerprint density at radius 2 is 2.12 bits per heavy atom. The smallest absolute Gasteiger partial charge is 0.0542 e. The topological polar surface area (TPSA) is 32.5 Å². The first-order valence-corrected chi connectivity index (χ1v) is 6.35. The first-order valence-electron chi connectivity index (χ1n) is 6.35. The number of hydrogen-bond donors (Lipinski definition) is 1. The van der Waals surface area contributed by atoms with Crippen LogP contribution in [0.5, 0.6) is 0 Å². The molecule has 1 saturated heterocycles. The zero-order valence-corrected chi connectivity index (χ0v) is 11.1. The molecule has 1 heterocycles. The predicted octanol–water partition coefficient (Wildman–Crippen LogP) is 1.46. The minimum atomic E-state index is 0.422. The highest BCUT2D eigenvalue weighted by Crippen LogP contribution is 2.24. The lowest BCUT2D eigenvalue weighted by Gasteiger charge is -2.45. The van der Waals surface area contributed by atoms with Crippen LogP contribution in [0.4, 0.5) is 5.69 Å². The molecule has 94 valence electrons. The maximum atomic E-state index is 5.93. The lowest BCUT2D eigenvalue weighted by Crippen LogP contribution is -2.59. The maximum absolute atomic E-state index is 5.93. The molecule has 1 aromatic rings. The highest BCUT2D eigenvalue weighted by molar-refractivity contribution is 5.51. The van der Waals surface area contributed by atoms with Crippen molar-refractivity contribution in [3.8, 4) is 0 Å².